The first-order valence-electron chi connectivity index (χ1n) is 9.96. The van der Waals surface area contributed by atoms with Crippen LogP contribution in [0.3, 0.4) is 0 Å². The van der Waals surface area contributed by atoms with Crippen LogP contribution in [-0.2, 0) is 13.2 Å². The van der Waals surface area contributed by atoms with E-state index in [-0.39, 0.29) is 5.56 Å². The van der Waals surface area contributed by atoms with E-state index in [9.17, 15) is 9.59 Å². The lowest BCUT2D eigenvalue weighted by atomic mass is 10.1. The molecule has 3 heterocycles. The van der Waals surface area contributed by atoms with Gasteiger partial charge < -0.3 is 24.2 Å². The SMILES string of the molecule is COc1ccc(N2Cc3c4n(c(=O)[nH]c3=O)CN(c3ccc(OC)cc3)CN4C2)cc1. The van der Waals surface area contributed by atoms with Crippen molar-refractivity contribution in [2.75, 3.05) is 42.3 Å². The van der Waals surface area contributed by atoms with Crippen molar-refractivity contribution < 1.29 is 9.47 Å². The van der Waals surface area contributed by atoms with Crippen LogP contribution in [0.25, 0.3) is 0 Å². The van der Waals surface area contributed by atoms with Gasteiger partial charge in [-0.05, 0) is 48.5 Å². The standard InChI is InChI=1S/C22H23N5O4/c1-30-17-7-3-15(4-8-17)24-11-19-20(28)23-22(29)27-14-25(13-26(12-24)21(19)27)16-5-9-18(31-2)10-6-16/h3-10H,11-14H2,1-2H3,(H,23,28,29). The van der Waals surface area contributed by atoms with E-state index in [2.05, 4.69) is 19.7 Å². The Bertz CT molecular complexity index is 1120. The molecule has 0 unspecified atom stereocenters. The van der Waals surface area contributed by atoms with Crippen molar-refractivity contribution >= 4 is 17.2 Å². The van der Waals surface area contributed by atoms with Crippen molar-refractivity contribution in [1.82, 2.24) is 9.55 Å². The molecule has 9 heteroatoms. The molecule has 0 radical (unpaired) electrons. The van der Waals surface area contributed by atoms with E-state index in [1.807, 2.05) is 48.5 Å². The molecule has 0 fully saturated rings. The molecule has 0 amide bonds. The fraction of sp³-hybridized carbons (Fsp3) is 0.273. The zero-order valence-electron chi connectivity index (χ0n) is 17.4. The summed E-state index contributed by atoms with van der Waals surface area (Å²) < 4.78 is 12.1. The lowest BCUT2D eigenvalue weighted by Gasteiger charge is -2.46. The Morgan fingerprint density at radius 1 is 0.742 bits per heavy atom. The molecule has 0 spiro atoms. The van der Waals surface area contributed by atoms with Crippen LogP contribution < -0.4 is 35.4 Å². The van der Waals surface area contributed by atoms with E-state index in [0.29, 0.717) is 37.9 Å². The Hall–Kier alpha value is -3.88. The molecule has 31 heavy (non-hydrogen) atoms. The van der Waals surface area contributed by atoms with Crippen molar-refractivity contribution in [3.63, 3.8) is 0 Å². The summed E-state index contributed by atoms with van der Waals surface area (Å²) in [4.78, 5) is 34.0. The second-order valence-corrected chi connectivity index (χ2v) is 7.59. The topological polar surface area (TPSA) is 83.0 Å². The quantitative estimate of drug-likeness (QED) is 0.688. The Labute approximate surface area is 178 Å². The highest BCUT2D eigenvalue weighted by Gasteiger charge is 2.33. The first kappa shape index (κ1) is 19.1. The monoisotopic (exact) mass is 421 g/mol. The number of rotatable bonds is 4. The summed E-state index contributed by atoms with van der Waals surface area (Å²) in [5.74, 6) is 2.24. The molecule has 2 aliphatic heterocycles. The number of nitrogens with one attached hydrogen (secondary N) is 1. The van der Waals surface area contributed by atoms with E-state index in [4.69, 9.17) is 9.47 Å². The maximum atomic E-state index is 12.7. The molecular formula is C22H23N5O4. The molecule has 3 aromatic rings. The number of H-pyrrole nitrogens is 1. The van der Waals surface area contributed by atoms with Crippen LogP contribution in [0.1, 0.15) is 5.56 Å². The summed E-state index contributed by atoms with van der Waals surface area (Å²) in [5, 5.41) is 0. The van der Waals surface area contributed by atoms with Crippen molar-refractivity contribution in [3.05, 3.63) is 74.9 Å². The van der Waals surface area contributed by atoms with Crippen LogP contribution in [0, 0.1) is 0 Å². The largest absolute Gasteiger partial charge is 0.497 e. The number of aromatic nitrogens is 2. The van der Waals surface area contributed by atoms with Crippen molar-refractivity contribution in [2.45, 2.75) is 13.2 Å². The fourth-order valence-electron chi connectivity index (χ4n) is 4.21. The molecule has 0 saturated carbocycles. The van der Waals surface area contributed by atoms with Gasteiger partial charge in [0.05, 0.1) is 39.7 Å². The number of benzene rings is 2. The lowest BCUT2D eigenvalue weighted by molar-refractivity contribution is 0.414. The molecule has 0 saturated heterocycles. The van der Waals surface area contributed by atoms with Crippen molar-refractivity contribution in [1.29, 1.82) is 0 Å². The molecular weight excluding hydrogens is 398 g/mol. The summed E-state index contributed by atoms with van der Waals surface area (Å²) in [5.41, 5.74) is 1.80. The van der Waals surface area contributed by atoms with E-state index in [0.717, 1.165) is 22.9 Å². The predicted molar refractivity (Wildman–Crippen MR) is 118 cm³/mol. The molecule has 1 N–H and O–H groups in total. The van der Waals surface area contributed by atoms with Crippen LogP contribution in [0.2, 0.25) is 0 Å². The molecule has 1 aromatic heterocycles. The average molecular weight is 421 g/mol. The highest BCUT2D eigenvalue weighted by atomic mass is 16.5. The third-order valence-corrected chi connectivity index (χ3v) is 5.78. The van der Waals surface area contributed by atoms with Gasteiger partial charge in [-0.3, -0.25) is 14.3 Å². The highest BCUT2D eigenvalue weighted by Crippen LogP contribution is 2.32. The normalized spacial score (nSPS) is 15.0. The van der Waals surface area contributed by atoms with Crippen LogP contribution in [0.4, 0.5) is 17.2 Å². The Morgan fingerprint density at radius 3 is 1.87 bits per heavy atom. The van der Waals surface area contributed by atoms with Gasteiger partial charge in [0.25, 0.3) is 5.56 Å². The van der Waals surface area contributed by atoms with Gasteiger partial charge in [0, 0.05) is 11.4 Å². The maximum absolute atomic E-state index is 12.7. The summed E-state index contributed by atoms with van der Waals surface area (Å²) in [7, 11) is 3.26. The van der Waals surface area contributed by atoms with Gasteiger partial charge in [-0.15, -0.1) is 0 Å². The van der Waals surface area contributed by atoms with E-state index in [1.54, 1.807) is 18.8 Å². The summed E-state index contributed by atoms with van der Waals surface area (Å²) in [6.45, 7) is 1.89. The first-order valence-corrected chi connectivity index (χ1v) is 9.96. The van der Waals surface area contributed by atoms with Gasteiger partial charge in [0.1, 0.15) is 24.0 Å². The molecule has 2 aromatic carbocycles. The molecule has 5 rings (SSSR count). The maximum Gasteiger partial charge on any atom is 0.331 e. The zero-order valence-corrected chi connectivity index (χ0v) is 17.4. The van der Waals surface area contributed by atoms with Crippen LogP contribution in [-0.4, -0.2) is 37.1 Å². The molecule has 0 atom stereocenters. The average Bonchev–Trinajstić information content (AvgIpc) is 2.82. The molecule has 160 valence electrons. The van der Waals surface area contributed by atoms with Gasteiger partial charge in [-0.2, -0.15) is 0 Å². The Morgan fingerprint density at radius 2 is 1.29 bits per heavy atom. The fourth-order valence-corrected chi connectivity index (χ4v) is 4.21. The van der Waals surface area contributed by atoms with Gasteiger partial charge in [0.15, 0.2) is 0 Å². The Balaban J connectivity index is 1.54. The minimum atomic E-state index is -0.398. The third kappa shape index (κ3) is 3.27. The van der Waals surface area contributed by atoms with E-state index < -0.39 is 5.69 Å². The Kier molecular flexibility index (Phi) is 4.58. The van der Waals surface area contributed by atoms with Crippen LogP contribution in [0.5, 0.6) is 11.5 Å². The van der Waals surface area contributed by atoms with Crippen molar-refractivity contribution in [3.8, 4) is 11.5 Å². The summed E-state index contributed by atoms with van der Waals surface area (Å²) in [6, 6.07) is 15.5. The van der Waals surface area contributed by atoms with E-state index >= 15 is 0 Å². The van der Waals surface area contributed by atoms with Gasteiger partial charge in [-0.25, -0.2) is 4.79 Å². The number of methoxy groups -OCH3 is 2. The van der Waals surface area contributed by atoms with Crippen molar-refractivity contribution in [2.24, 2.45) is 0 Å². The third-order valence-electron chi connectivity index (χ3n) is 5.78. The minimum Gasteiger partial charge on any atom is -0.497 e. The second kappa shape index (κ2) is 7.42. The molecule has 2 aliphatic rings. The number of anilines is 3. The zero-order chi connectivity index (χ0) is 21.5. The number of nitrogens with zero attached hydrogens (tertiary/aromatic N) is 4. The van der Waals surface area contributed by atoms with Gasteiger partial charge in [0.2, 0.25) is 0 Å². The van der Waals surface area contributed by atoms with Gasteiger partial charge in [-0.1, -0.05) is 0 Å². The number of hydrogen-bond donors (Lipinski definition) is 1. The van der Waals surface area contributed by atoms with Gasteiger partial charge >= 0.3 is 5.69 Å². The highest BCUT2D eigenvalue weighted by molar-refractivity contribution is 5.61. The smallest absolute Gasteiger partial charge is 0.331 e. The number of ether oxygens (including phenoxy) is 2. The lowest BCUT2D eigenvalue weighted by Crippen LogP contribution is -2.57. The van der Waals surface area contributed by atoms with Crippen LogP contribution >= 0.6 is 0 Å². The number of aromatic amines is 1. The summed E-state index contributed by atoms with van der Waals surface area (Å²) in [6.07, 6.45) is 0. The molecule has 9 nitrogen and oxygen atoms in total. The summed E-state index contributed by atoms with van der Waals surface area (Å²) >= 11 is 0. The molecule has 0 aliphatic carbocycles. The van der Waals surface area contributed by atoms with Crippen LogP contribution in [0.15, 0.2) is 58.1 Å². The molecule has 0 bridgehead atoms. The first-order chi connectivity index (χ1) is 15.1. The predicted octanol–water partition coefficient (Wildman–Crippen LogP) is 1.77. The second-order valence-electron chi connectivity index (χ2n) is 7.59. The minimum absolute atomic E-state index is 0.336. The van der Waals surface area contributed by atoms with E-state index in [1.165, 1.54) is 0 Å². The number of hydrogen-bond acceptors (Lipinski definition) is 7.